The Morgan fingerprint density at radius 2 is 2.20 bits per heavy atom. The lowest BCUT2D eigenvalue weighted by atomic mass is 10.3. The molecule has 0 heterocycles. The standard InChI is InChI=1S/C6H5N2O2/c7-5-2-1-3-6(4-5)8(9)10/h1-4,7H. The number of hydrogen-bond donors (Lipinski definition) is 0. The fraction of sp³-hybridized carbons (Fsp3) is 0. The van der Waals surface area contributed by atoms with Crippen molar-refractivity contribution in [3.8, 4) is 0 Å². The second-order valence-corrected chi connectivity index (χ2v) is 1.81. The van der Waals surface area contributed by atoms with Crippen molar-refractivity contribution in [2.75, 3.05) is 0 Å². The van der Waals surface area contributed by atoms with Crippen molar-refractivity contribution >= 4 is 11.4 Å². The lowest BCUT2D eigenvalue weighted by Crippen LogP contribution is -1.86. The van der Waals surface area contributed by atoms with E-state index in [0.29, 0.717) is 0 Å². The molecule has 4 nitrogen and oxygen atoms in total. The SMILES string of the molecule is [NH]c1cccc([N+](=O)[O-])c1. The van der Waals surface area contributed by atoms with E-state index < -0.39 is 4.92 Å². The maximum absolute atomic E-state index is 10.1. The second kappa shape index (κ2) is 2.34. The highest BCUT2D eigenvalue weighted by Gasteiger charge is 2.02. The third-order valence-electron chi connectivity index (χ3n) is 1.06. The summed E-state index contributed by atoms with van der Waals surface area (Å²) in [6.07, 6.45) is 0. The smallest absolute Gasteiger partial charge is 0.271 e. The normalized spacial score (nSPS) is 9.20. The van der Waals surface area contributed by atoms with E-state index in [2.05, 4.69) is 0 Å². The minimum atomic E-state index is -0.516. The number of rotatable bonds is 1. The maximum Gasteiger partial charge on any atom is 0.271 e. The Labute approximate surface area is 57.4 Å². The molecular formula is C6H5N2O2. The maximum atomic E-state index is 10.1. The van der Waals surface area contributed by atoms with E-state index in [-0.39, 0.29) is 11.4 Å². The molecule has 0 aliphatic carbocycles. The van der Waals surface area contributed by atoms with Crippen molar-refractivity contribution < 1.29 is 4.92 Å². The van der Waals surface area contributed by atoms with Crippen LogP contribution in [-0.2, 0) is 0 Å². The summed E-state index contributed by atoms with van der Waals surface area (Å²) in [4.78, 5) is 9.56. The Morgan fingerprint density at radius 3 is 2.60 bits per heavy atom. The van der Waals surface area contributed by atoms with Crippen LogP contribution in [0.1, 0.15) is 0 Å². The van der Waals surface area contributed by atoms with E-state index in [9.17, 15) is 10.1 Å². The Morgan fingerprint density at radius 1 is 1.50 bits per heavy atom. The number of non-ortho nitro benzene ring substituents is 1. The number of benzene rings is 1. The van der Waals surface area contributed by atoms with E-state index in [0.717, 1.165) is 0 Å². The fourth-order valence-electron chi connectivity index (χ4n) is 0.619. The Balaban J connectivity index is 3.07. The summed E-state index contributed by atoms with van der Waals surface area (Å²) in [6.45, 7) is 0. The van der Waals surface area contributed by atoms with Crippen molar-refractivity contribution in [3.63, 3.8) is 0 Å². The molecule has 1 N–H and O–H groups in total. The highest BCUT2D eigenvalue weighted by molar-refractivity contribution is 5.44. The molecule has 0 amide bonds. The Kier molecular flexibility index (Phi) is 1.53. The average Bonchev–Trinajstić information content (AvgIpc) is 1.88. The zero-order valence-electron chi connectivity index (χ0n) is 5.07. The van der Waals surface area contributed by atoms with Crippen LogP contribution in [-0.4, -0.2) is 4.92 Å². The topological polar surface area (TPSA) is 66.9 Å². The van der Waals surface area contributed by atoms with Crippen LogP contribution in [0.2, 0.25) is 0 Å². The quantitative estimate of drug-likeness (QED) is 0.434. The number of nitrogens with zero attached hydrogens (tertiary/aromatic N) is 1. The monoisotopic (exact) mass is 137 g/mol. The molecule has 0 saturated carbocycles. The molecule has 1 radical (unpaired) electrons. The minimum absolute atomic E-state index is 0.0347. The second-order valence-electron chi connectivity index (χ2n) is 1.81. The van der Waals surface area contributed by atoms with Crippen molar-refractivity contribution in [3.05, 3.63) is 34.4 Å². The van der Waals surface area contributed by atoms with Gasteiger partial charge in [0.15, 0.2) is 0 Å². The first kappa shape index (κ1) is 6.54. The van der Waals surface area contributed by atoms with E-state index in [1.807, 2.05) is 0 Å². The lowest BCUT2D eigenvalue weighted by molar-refractivity contribution is -0.384. The highest BCUT2D eigenvalue weighted by Crippen LogP contribution is 2.14. The first-order valence-electron chi connectivity index (χ1n) is 2.66. The molecule has 0 aliphatic rings. The third kappa shape index (κ3) is 1.22. The van der Waals surface area contributed by atoms with Gasteiger partial charge in [0, 0.05) is 12.1 Å². The Bertz CT molecular complexity index is 260. The molecule has 0 spiro atoms. The van der Waals surface area contributed by atoms with Gasteiger partial charge >= 0.3 is 0 Å². The van der Waals surface area contributed by atoms with Gasteiger partial charge in [-0.1, -0.05) is 6.07 Å². The van der Waals surface area contributed by atoms with Gasteiger partial charge in [0.05, 0.1) is 10.6 Å². The zero-order valence-corrected chi connectivity index (χ0v) is 5.07. The number of nitro groups is 1. The lowest BCUT2D eigenvalue weighted by Gasteiger charge is -1.89. The van der Waals surface area contributed by atoms with E-state index in [1.54, 1.807) is 0 Å². The minimum Gasteiger partial charge on any atom is -0.301 e. The summed E-state index contributed by atoms with van der Waals surface area (Å²) in [5, 5.41) is 10.1. The zero-order chi connectivity index (χ0) is 7.56. The first-order valence-corrected chi connectivity index (χ1v) is 2.66. The summed E-state index contributed by atoms with van der Waals surface area (Å²) < 4.78 is 0. The molecule has 1 aromatic carbocycles. The summed E-state index contributed by atoms with van der Waals surface area (Å²) >= 11 is 0. The van der Waals surface area contributed by atoms with Crippen LogP contribution < -0.4 is 5.73 Å². The van der Waals surface area contributed by atoms with Crippen molar-refractivity contribution in [2.24, 2.45) is 0 Å². The van der Waals surface area contributed by atoms with E-state index in [1.165, 1.54) is 24.3 Å². The number of nitro benzene ring substituents is 1. The molecule has 1 rings (SSSR count). The molecule has 0 aromatic heterocycles. The van der Waals surface area contributed by atoms with Crippen LogP contribution in [0.4, 0.5) is 11.4 Å². The average molecular weight is 137 g/mol. The van der Waals surface area contributed by atoms with Gasteiger partial charge in [-0.25, -0.2) is 0 Å². The van der Waals surface area contributed by atoms with Crippen molar-refractivity contribution in [1.82, 2.24) is 5.73 Å². The van der Waals surface area contributed by atoms with Gasteiger partial charge in [-0.05, 0) is 6.07 Å². The summed E-state index contributed by atoms with van der Waals surface area (Å²) in [7, 11) is 0. The van der Waals surface area contributed by atoms with Crippen LogP contribution >= 0.6 is 0 Å². The van der Waals surface area contributed by atoms with Crippen molar-refractivity contribution in [2.45, 2.75) is 0 Å². The summed E-state index contributed by atoms with van der Waals surface area (Å²) in [6, 6.07) is 5.55. The first-order chi connectivity index (χ1) is 4.70. The van der Waals surface area contributed by atoms with Crippen molar-refractivity contribution in [1.29, 1.82) is 0 Å². The van der Waals surface area contributed by atoms with Crippen LogP contribution in [0.5, 0.6) is 0 Å². The molecule has 1 aromatic rings. The predicted molar refractivity (Wildman–Crippen MR) is 35.9 cm³/mol. The molecule has 0 saturated heterocycles. The largest absolute Gasteiger partial charge is 0.301 e. The molecule has 51 valence electrons. The molecule has 0 atom stereocenters. The van der Waals surface area contributed by atoms with Gasteiger partial charge in [0.1, 0.15) is 0 Å². The van der Waals surface area contributed by atoms with Gasteiger partial charge in [-0.3, -0.25) is 10.1 Å². The van der Waals surface area contributed by atoms with E-state index in [4.69, 9.17) is 5.73 Å². The third-order valence-corrected chi connectivity index (χ3v) is 1.06. The molecular weight excluding hydrogens is 132 g/mol. The van der Waals surface area contributed by atoms with Crippen LogP contribution in [0.25, 0.3) is 0 Å². The van der Waals surface area contributed by atoms with Crippen LogP contribution in [0.15, 0.2) is 24.3 Å². The Hall–Kier alpha value is -1.58. The van der Waals surface area contributed by atoms with Gasteiger partial charge in [-0.2, -0.15) is 0 Å². The number of nitrogens with one attached hydrogen (secondary N) is 1. The predicted octanol–water partition coefficient (Wildman–Crippen LogP) is 1.51. The number of hydrogen-bond acceptors (Lipinski definition) is 2. The van der Waals surface area contributed by atoms with Gasteiger partial charge in [0.2, 0.25) is 0 Å². The summed E-state index contributed by atoms with van der Waals surface area (Å²) in [5.74, 6) is 0. The molecule has 4 heteroatoms. The van der Waals surface area contributed by atoms with Gasteiger partial charge in [-0.15, -0.1) is 0 Å². The van der Waals surface area contributed by atoms with Crippen LogP contribution in [0, 0.1) is 10.1 Å². The van der Waals surface area contributed by atoms with Crippen LogP contribution in [0.3, 0.4) is 0 Å². The highest BCUT2D eigenvalue weighted by atomic mass is 16.6. The van der Waals surface area contributed by atoms with E-state index >= 15 is 0 Å². The fourth-order valence-corrected chi connectivity index (χ4v) is 0.619. The molecule has 0 fully saturated rings. The van der Waals surface area contributed by atoms with Gasteiger partial charge in [0.25, 0.3) is 5.69 Å². The molecule has 0 aliphatic heterocycles. The van der Waals surface area contributed by atoms with Gasteiger partial charge < -0.3 is 5.73 Å². The molecule has 10 heavy (non-hydrogen) atoms. The molecule has 0 bridgehead atoms. The molecule has 0 unspecified atom stereocenters. The summed E-state index contributed by atoms with van der Waals surface area (Å²) in [5.41, 5.74) is 7.15.